The minimum atomic E-state index is -1.13. The summed E-state index contributed by atoms with van der Waals surface area (Å²) in [5.41, 5.74) is 7.11. The average Bonchev–Trinajstić information content (AvgIpc) is 2.77. The van der Waals surface area contributed by atoms with Crippen LogP contribution in [0.15, 0.2) is 42.6 Å². The molecule has 0 amide bonds. The number of hydrogen-bond acceptors (Lipinski definition) is 4. The molecule has 6 nitrogen and oxygen atoms in total. The van der Waals surface area contributed by atoms with Crippen LogP contribution in [0, 0.1) is 0 Å². The van der Waals surface area contributed by atoms with E-state index in [0.29, 0.717) is 22.6 Å². The number of aromatic carboxylic acids is 1. The number of aromatic nitrogens is 2. The lowest BCUT2D eigenvalue weighted by atomic mass is 10.2. The van der Waals surface area contributed by atoms with Crippen LogP contribution < -0.4 is 5.73 Å². The van der Waals surface area contributed by atoms with Crippen molar-refractivity contribution in [2.75, 3.05) is 5.73 Å². The van der Waals surface area contributed by atoms with E-state index in [1.807, 2.05) is 0 Å². The molecule has 0 bridgehead atoms. The second-order valence-electron chi connectivity index (χ2n) is 4.35. The average molecular weight is 269 g/mol. The molecule has 0 spiro atoms. The van der Waals surface area contributed by atoms with Gasteiger partial charge in [-0.3, -0.25) is 4.40 Å². The number of nitrogens with zero attached hydrogens (tertiary/aromatic N) is 2. The van der Waals surface area contributed by atoms with Crippen molar-refractivity contribution in [1.29, 1.82) is 0 Å². The predicted octanol–water partition coefficient (Wildman–Crippen LogP) is 1.99. The first kappa shape index (κ1) is 12.0. The van der Waals surface area contributed by atoms with E-state index in [1.54, 1.807) is 34.9 Å². The molecule has 0 unspecified atom stereocenters. The zero-order valence-corrected chi connectivity index (χ0v) is 10.3. The van der Waals surface area contributed by atoms with Gasteiger partial charge in [-0.25, -0.2) is 9.78 Å². The van der Waals surface area contributed by atoms with Gasteiger partial charge in [-0.15, -0.1) is 0 Å². The molecule has 0 fully saturated rings. The van der Waals surface area contributed by atoms with Crippen molar-refractivity contribution in [3.05, 3.63) is 48.3 Å². The largest absolute Gasteiger partial charge is 0.508 e. The molecule has 6 heteroatoms. The van der Waals surface area contributed by atoms with Crippen molar-refractivity contribution in [2.45, 2.75) is 0 Å². The van der Waals surface area contributed by atoms with Gasteiger partial charge in [0.1, 0.15) is 11.6 Å². The van der Waals surface area contributed by atoms with Crippen molar-refractivity contribution in [2.24, 2.45) is 0 Å². The highest BCUT2D eigenvalue weighted by Gasteiger charge is 2.18. The monoisotopic (exact) mass is 269 g/mol. The van der Waals surface area contributed by atoms with Crippen molar-refractivity contribution in [1.82, 2.24) is 9.38 Å². The Morgan fingerprint density at radius 1 is 1.25 bits per heavy atom. The second-order valence-corrected chi connectivity index (χ2v) is 4.35. The van der Waals surface area contributed by atoms with E-state index in [0.717, 1.165) is 0 Å². The van der Waals surface area contributed by atoms with Gasteiger partial charge in [0, 0.05) is 17.4 Å². The van der Waals surface area contributed by atoms with Gasteiger partial charge in [-0.2, -0.15) is 0 Å². The van der Waals surface area contributed by atoms with Crippen molar-refractivity contribution >= 4 is 17.2 Å². The lowest BCUT2D eigenvalue weighted by Gasteiger charge is -2.02. The summed E-state index contributed by atoms with van der Waals surface area (Å²) in [7, 11) is 0. The normalized spacial score (nSPS) is 10.8. The number of pyridine rings is 1. The summed E-state index contributed by atoms with van der Waals surface area (Å²) in [6, 6.07) is 9.70. The summed E-state index contributed by atoms with van der Waals surface area (Å²) in [6.45, 7) is 0. The molecule has 0 radical (unpaired) electrons. The summed E-state index contributed by atoms with van der Waals surface area (Å²) >= 11 is 0. The molecule has 0 atom stereocenters. The predicted molar refractivity (Wildman–Crippen MR) is 73.7 cm³/mol. The van der Waals surface area contributed by atoms with Crippen LogP contribution in [0.5, 0.6) is 5.75 Å². The maximum Gasteiger partial charge on any atom is 0.356 e. The Morgan fingerprint density at radius 2 is 2.05 bits per heavy atom. The van der Waals surface area contributed by atoms with Gasteiger partial charge in [0.25, 0.3) is 0 Å². The fourth-order valence-corrected chi connectivity index (χ4v) is 2.11. The number of carbonyl (C=O) groups is 1. The number of rotatable bonds is 2. The van der Waals surface area contributed by atoms with Crippen LogP contribution >= 0.6 is 0 Å². The fourth-order valence-electron chi connectivity index (χ4n) is 2.11. The van der Waals surface area contributed by atoms with E-state index in [1.165, 1.54) is 12.1 Å². The molecule has 20 heavy (non-hydrogen) atoms. The maximum atomic E-state index is 11.3. The molecule has 1 aromatic carbocycles. The summed E-state index contributed by atoms with van der Waals surface area (Å²) in [6.07, 6.45) is 1.66. The number of nitrogens with two attached hydrogens (primary N) is 1. The molecular weight excluding hydrogens is 258 g/mol. The number of phenolic OH excluding ortho intramolecular Hbond substituents is 1. The third-order valence-electron chi connectivity index (χ3n) is 2.97. The molecule has 2 aromatic heterocycles. The molecule has 100 valence electrons. The first-order valence-electron chi connectivity index (χ1n) is 5.86. The molecule has 4 N–H and O–H groups in total. The van der Waals surface area contributed by atoms with Crippen LogP contribution in [0.4, 0.5) is 5.69 Å². The Morgan fingerprint density at radius 3 is 2.75 bits per heavy atom. The topological polar surface area (TPSA) is 101 Å². The number of hydrogen-bond donors (Lipinski definition) is 3. The van der Waals surface area contributed by atoms with Gasteiger partial charge in [0.05, 0.1) is 5.52 Å². The number of benzene rings is 1. The summed E-state index contributed by atoms with van der Waals surface area (Å²) < 4.78 is 1.63. The van der Waals surface area contributed by atoms with Crippen LogP contribution in [-0.4, -0.2) is 25.6 Å². The molecule has 3 rings (SSSR count). The molecule has 0 aliphatic rings. The lowest BCUT2D eigenvalue weighted by Crippen LogP contribution is -1.97. The van der Waals surface area contributed by atoms with Crippen molar-refractivity contribution in [3.8, 4) is 17.1 Å². The first-order valence-corrected chi connectivity index (χ1v) is 5.86. The smallest absolute Gasteiger partial charge is 0.356 e. The van der Waals surface area contributed by atoms with Crippen molar-refractivity contribution < 1.29 is 15.0 Å². The SMILES string of the molecule is Nc1ccn2c(-c3cccc(O)c3)nc(C(=O)O)c2c1. The Labute approximate surface area is 113 Å². The lowest BCUT2D eigenvalue weighted by molar-refractivity contribution is 0.0693. The Hall–Kier alpha value is -3.02. The third-order valence-corrected chi connectivity index (χ3v) is 2.97. The van der Waals surface area contributed by atoms with E-state index in [2.05, 4.69) is 4.98 Å². The van der Waals surface area contributed by atoms with Crippen molar-refractivity contribution in [3.63, 3.8) is 0 Å². The summed E-state index contributed by atoms with van der Waals surface area (Å²) in [5.74, 6) is -0.598. The van der Waals surface area contributed by atoms with E-state index < -0.39 is 5.97 Å². The van der Waals surface area contributed by atoms with Crippen LogP contribution in [0.25, 0.3) is 16.9 Å². The van der Waals surface area contributed by atoms with Gasteiger partial charge >= 0.3 is 5.97 Å². The summed E-state index contributed by atoms with van der Waals surface area (Å²) in [4.78, 5) is 15.4. The Kier molecular flexibility index (Phi) is 2.57. The zero-order chi connectivity index (χ0) is 14.3. The highest BCUT2D eigenvalue weighted by molar-refractivity contribution is 5.95. The van der Waals surface area contributed by atoms with Crippen LogP contribution in [0.3, 0.4) is 0 Å². The number of carboxylic acid groups (broad SMARTS) is 1. The Balaban J connectivity index is 2.34. The molecule has 0 saturated carbocycles. The molecule has 0 aliphatic carbocycles. The van der Waals surface area contributed by atoms with Crippen LogP contribution in [0.1, 0.15) is 10.5 Å². The van der Waals surface area contributed by atoms with Gasteiger partial charge in [-0.05, 0) is 24.3 Å². The van der Waals surface area contributed by atoms with Crippen LogP contribution in [0.2, 0.25) is 0 Å². The number of fused-ring (bicyclic) bond motifs is 1. The highest BCUT2D eigenvalue weighted by atomic mass is 16.4. The number of carboxylic acids is 1. The third kappa shape index (κ3) is 1.83. The van der Waals surface area contributed by atoms with E-state index in [9.17, 15) is 15.0 Å². The molecule has 2 heterocycles. The Bertz CT molecular complexity index is 824. The zero-order valence-electron chi connectivity index (χ0n) is 10.3. The standard InChI is InChI=1S/C14H11N3O3/c15-9-4-5-17-11(7-9)12(14(19)20)16-13(17)8-2-1-3-10(18)6-8/h1-7,18H,15H2,(H,19,20). The number of imidazole rings is 1. The summed E-state index contributed by atoms with van der Waals surface area (Å²) in [5, 5.41) is 18.8. The highest BCUT2D eigenvalue weighted by Crippen LogP contribution is 2.26. The maximum absolute atomic E-state index is 11.3. The van der Waals surface area contributed by atoms with E-state index >= 15 is 0 Å². The van der Waals surface area contributed by atoms with Gasteiger partial charge in [0.15, 0.2) is 5.69 Å². The van der Waals surface area contributed by atoms with E-state index in [4.69, 9.17) is 5.73 Å². The van der Waals surface area contributed by atoms with Gasteiger partial charge in [-0.1, -0.05) is 12.1 Å². The molecule has 0 aliphatic heterocycles. The quantitative estimate of drug-likeness (QED) is 0.660. The van der Waals surface area contributed by atoms with Crippen LogP contribution in [-0.2, 0) is 0 Å². The number of phenols is 1. The molecule has 0 saturated heterocycles. The van der Waals surface area contributed by atoms with Gasteiger partial charge in [0.2, 0.25) is 0 Å². The van der Waals surface area contributed by atoms with Gasteiger partial charge < -0.3 is 15.9 Å². The number of aromatic hydroxyl groups is 1. The minimum Gasteiger partial charge on any atom is -0.508 e. The first-order chi connectivity index (χ1) is 9.56. The second kappa shape index (κ2) is 4.27. The molecule has 3 aromatic rings. The number of nitrogen functional groups attached to an aromatic ring is 1. The minimum absolute atomic E-state index is 0.0735. The fraction of sp³-hybridized carbons (Fsp3) is 0. The molecular formula is C14H11N3O3. The number of anilines is 1. The van der Waals surface area contributed by atoms with E-state index in [-0.39, 0.29) is 11.4 Å².